The molecule has 1 heterocycles. The molecule has 6 heteroatoms. The fourth-order valence-electron chi connectivity index (χ4n) is 1.45. The van der Waals surface area contributed by atoms with E-state index in [1.165, 1.54) is 11.8 Å². The lowest BCUT2D eigenvalue weighted by atomic mass is 10.2. The molecule has 0 bridgehead atoms. The molecule has 0 saturated heterocycles. The highest BCUT2D eigenvalue weighted by molar-refractivity contribution is 7.98. The normalized spacial score (nSPS) is 9.89. The quantitative estimate of drug-likeness (QED) is 0.680. The average molecular weight is 272 g/mol. The maximum Gasteiger partial charge on any atom is 0.225 e. The van der Waals surface area contributed by atoms with Gasteiger partial charge < -0.3 is 10.5 Å². The van der Waals surface area contributed by atoms with Gasteiger partial charge in [0.15, 0.2) is 5.16 Å². The second-order valence-corrected chi connectivity index (χ2v) is 4.47. The summed E-state index contributed by atoms with van der Waals surface area (Å²) in [5.74, 6) is 1.42. The van der Waals surface area contributed by atoms with Gasteiger partial charge in [0.1, 0.15) is 11.6 Å². The topological polar surface area (TPSA) is 84.8 Å². The van der Waals surface area contributed by atoms with E-state index in [1.54, 1.807) is 18.2 Å². The van der Waals surface area contributed by atoms with Crippen LogP contribution in [0.1, 0.15) is 5.56 Å². The first-order chi connectivity index (χ1) is 9.21. The molecule has 5 nitrogen and oxygen atoms in total. The van der Waals surface area contributed by atoms with E-state index in [1.807, 2.05) is 18.4 Å². The van der Waals surface area contributed by atoms with Crippen molar-refractivity contribution < 1.29 is 4.74 Å². The third-order valence-electron chi connectivity index (χ3n) is 2.31. The molecule has 1 aromatic heterocycles. The molecule has 2 N–H and O–H groups in total. The smallest absolute Gasteiger partial charge is 0.225 e. The molecule has 0 unspecified atom stereocenters. The Morgan fingerprint density at radius 3 is 2.68 bits per heavy atom. The van der Waals surface area contributed by atoms with Crippen LogP contribution < -0.4 is 10.5 Å². The van der Waals surface area contributed by atoms with E-state index in [0.717, 1.165) is 5.56 Å². The molecule has 0 aliphatic heterocycles. The van der Waals surface area contributed by atoms with Crippen molar-refractivity contribution in [2.24, 2.45) is 0 Å². The largest absolute Gasteiger partial charge is 0.439 e. The zero-order chi connectivity index (χ0) is 13.7. The molecule has 0 saturated carbocycles. The van der Waals surface area contributed by atoms with E-state index < -0.39 is 0 Å². The number of benzene rings is 1. The second kappa shape index (κ2) is 6.07. The molecule has 1 aromatic carbocycles. The Kier molecular flexibility index (Phi) is 4.21. The molecule has 96 valence electrons. The first-order valence-electron chi connectivity index (χ1n) is 5.53. The number of nitrogens with zero attached hydrogens (tertiary/aromatic N) is 3. The van der Waals surface area contributed by atoms with E-state index in [0.29, 0.717) is 29.0 Å². The Morgan fingerprint density at radius 1 is 1.32 bits per heavy atom. The van der Waals surface area contributed by atoms with Crippen LogP contribution in [0.15, 0.2) is 35.5 Å². The van der Waals surface area contributed by atoms with Crippen molar-refractivity contribution in [2.75, 3.05) is 12.0 Å². The first-order valence-corrected chi connectivity index (χ1v) is 6.76. The number of aromatic nitrogens is 2. The van der Waals surface area contributed by atoms with Gasteiger partial charge in [-0.05, 0) is 24.0 Å². The standard InChI is InChI=1S/C13H12N4OS/c1-19-13-16-11(15)8-12(17-13)18-10-4-2-9(3-5-10)6-7-14/h2-5,8H,6H2,1H3,(H2,15,16,17). The SMILES string of the molecule is CSc1nc(N)cc(Oc2ccc(CC#N)cc2)n1. The Morgan fingerprint density at radius 2 is 2.05 bits per heavy atom. The van der Waals surface area contributed by atoms with E-state index in [-0.39, 0.29) is 0 Å². The van der Waals surface area contributed by atoms with Crippen LogP contribution in [0.25, 0.3) is 0 Å². The molecule has 0 atom stereocenters. The van der Waals surface area contributed by atoms with E-state index >= 15 is 0 Å². The second-order valence-electron chi connectivity index (χ2n) is 3.70. The van der Waals surface area contributed by atoms with Gasteiger partial charge in [-0.3, -0.25) is 0 Å². The highest BCUT2D eigenvalue weighted by atomic mass is 32.2. The lowest BCUT2D eigenvalue weighted by molar-refractivity contribution is 0.456. The van der Waals surface area contributed by atoms with Crippen molar-refractivity contribution in [3.63, 3.8) is 0 Å². The number of thioether (sulfide) groups is 1. The molecular weight excluding hydrogens is 260 g/mol. The monoisotopic (exact) mass is 272 g/mol. The van der Waals surface area contributed by atoms with Crippen LogP contribution in [-0.2, 0) is 6.42 Å². The van der Waals surface area contributed by atoms with Gasteiger partial charge in [0, 0.05) is 6.07 Å². The minimum absolute atomic E-state index is 0.371. The molecule has 0 fully saturated rings. The molecule has 0 radical (unpaired) electrons. The predicted molar refractivity (Wildman–Crippen MR) is 74.1 cm³/mol. The Labute approximate surface area is 115 Å². The maximum absolute atomic E-state index is 8.60. The molecular formula is C13H12N4OS. The lowest BCUT2D eigenvalue weighted by Crippen LogP contribution is -1.97. The van der Waals surface area contributed by atoms with Gasteiger partial charge in [-0.2, -0.15) is 10.2 Å². The van der Waals surface area contributed by atoms with Gasteiger partial charge in [-0.15, -0.1) is 0 Å². The lowest BCUT2D eigenvalue weighted by Gasteiger charge is -2.06. The summed E-state index contributed by atoms with van der Waals surface area (Å²) in [6.07, 6.45) is 2.26. The fraction of sp³-hybridized carbons (Fsp3) is 0.154. The third-order valence-corrected chi connectivity index (χ3v) is 2.86. The van der Waals surface area contributed by atoms with Crippen molar-refractivity contribution in [3.05, 3.63) is 35.9 Å². The summed E-state index contributed by atoms with van der Waals surface area (Å²) >= 11 is 1.40. The van der Waals surface area contributed by atoms with E-state index in [2.05, 4.69) is 16.0 Å². The summed E-state index contributed by atoms with van der Waals surface area (Å²) in [5, 5.41) is 9.16. The molecule has 0 spiro atoms. The molecule has 0 aliphatic rings. The number of rotatable bonds is 4. The Hall–Kier alpha value is -2.26. The third kappa shape index (κ3) is 3.60. The summed E-state index contributed by atoms with van der Waals surface area (Å²) in [6.45, 7) is 0. The molecule has 19 heavy (non-hydrogen) atoms. The molecule has 2 rings (SSSR count). The number of nitrogens with two attached hydrogens (primary N) is 1. The Bertz CT molecular complexity index is 607. The van der Waals surface area contributed by atoms with Crippen molar-refractivity contribution in [1.29, 1.82) is 5.26 Å². The maximum atomic E-state index is 8.60. The van der Waals surface area contributed by atoms with Crippen molar-refractivity contribution in [1.82, 2.24) is 9.97 Å². The van der Waals surface area contributed by atoms with Crippen molar-refractivity contribution in [3.8, 4) is 17.7 Å². The van der Waals surface area contributed by atoms with Crippen molar-refractivity contribution in [2.45, 2.75) is 11.6 Å². The van der Waals surface area contributed by atoms with Crippen LogP contribution in [0.2, 0.25) is 0 Å². The van der Waals surface area contributed by atoms with E-state index in [9.17, 15) is 0 Å². The van der Waals surface area contributed by atoms with Crippen LogP contribution in [0.4, 0.5) is 5.82 Å². The van der Waals surface area contributed by atoms with Gasteiger partial charge in [0.25, 0.3) is 0 Å². The molecule has 0 aliphatic carbocycles. The van der Waals surface area contributed by atoms with Gasteiger partial charge in [-0.1, -0.05) is 23.9 Å². The first kappa shape index (κ1) is 13.2. The highest BCUT2D eigenvalue weighted by Gasteiger charge is 2.04. The van der Waals surface area contributed by atoms with Crippen LogP contribution >= 0.6 is 11.8 Å². The zero-order valence-electron chi connectivity index (χ0n) is 10.3. The number of ether oxygens (including phenoxy) is 1. The minimum atomic E-state index is 0.371. The molecule has 2 aromatic rings. The van der Waals surface area contributed by atoms with Crippen molar-refractivity contribution >= 4 is 17.6 Å². The molecule has 0 amide bonds. The van der Waals surface area contributed by atoms with Gasteiger partial charge >= 0.3 is 0 Å². The summed E-state index contributed by atoms with van der Waals surface area (Å²) in [6, 6.07) is 10.9. The fourth-order valence-corrected chi connectivity index (χ4v) is 1.83. The number of nitriles is 1. The Balaban J connectivity index is 2.16. The summed E-state index contributed by atoms with van der Waals surface area (Å²) < 4.78 is 5.61. The van der Waals surface area contributed by atoms with Crippen LogP contribution in [0, 0.1) is 11.3 Å². The average Bonchev–Trinajstić information content (AvgIpc) is 2.40. The minimum Gasteiger partial charge on any atom is -0.439 e. The van der Waals surface area contributed by atoms with Gasteiger partial charge in [-0.25, -0.2) is 4.98 Å². The summed E-state index contributed by atoms with van der Waals surface area (Å²) in [4.78, 5) is 8.25. The van der Waals surface area contributed by atoms with Crippen LogP contribution in [-0.4, -0.2) is 16.2 Å². The van der Waals surface area contributed by atoms with E-state index in [4.69, 9.17) is 15.7 Å². The number of hydrogen-bond acceptors (Lipinski definition) is 6. The van der Waals surface area contributed by atoms with Gasteiger partial charge in [0.05, 0.1) is 12.5 Å². The number of nitrogen functional groups attached to an aromatic ring is 1. The summed E-state index contributed by atoms with van der Waals surface area (Å²) in [7, 11) is 0. The predicted octanol–water partition coefficient (Wildman–Crippen LogP) is 2.64. The number of anilines is 1. The van der Waals surface area contributed by atoms with Gasteiger partial charge in [0.2, 0.25) is 5.88 Å². The van der Waals surface area contributed by atoms with Crippen LogP contribution in [0.3, 0.4) is 0 Å². The number of hydrogen-bond donors (Lipinski definition) is 1. The van der Waals surface area contributed by atoms with Crippen LogP contribution in [0.5, 0.6) is 11.6 Å². The summed E-state index contributed by atoms with van der Waals surface area (Å²) in [5.41, 5.74) is 6.62. The highest BCUT2D eigenvalue weighted by Crippen LogP contribution is 2.23. The zero-order valence-corrected chi connectivity index (χ0v) is 11.1.